The first kappa shape index (κ1) is 16.8. The highest BCUT2D eigenvalue weighted by Gasteiger charge is 2.19. The summed E-state index contributed by atoms with van der Waals surface area (Å²) >= 11 is 0. The second-order valence-electron chi connectivity index (χ2n) is 5.05. The molecule has 0 aliphatic heterocycles. The number of likely N-dealkylation sites (N-methyl/N-ethyl adjacent to an activating group) is 1. The first-order valence-electron chi connectivity index (χ1n) is 7.22. The molecule has 2 aromatic carbocycles. The number of nitrogens with one attached hydrogen (secondary N) is 1. The average molecular weight is 316 g/mol. The van der Waals surface area contributed by atoms with E-state index in [9.17, 15) is 10.1 Å². The predicted molar refractivity (Wildman–Crippen MR) is 88.1 cm³/mol. The molecule has 0 spiro atoms. The fourth-order valence-corrected chi connectivity index (χ4v) is 2.54. The molecule has 6 nitrogen and oxygen atoms in total. The van der Waals surface area contributed by atoms with E-state index in [4.69, 9.17) is 9.47 Å². The van der Waals surface area contributed by atoms with Crippen LogP contribution in [-0.4, -0.2) is 26.2 Å². The van der Waals surface area contributed by atoms with E-state index in [1.165, 1.54) is 6.07 Å². The molecular weight excluding hydrogens is 296 g/mol. The van der Waals surface area contributed by atoms with Crippen LogP contribution >= 0.6 is 0 Å². The number of methoxy groups -OCH3 is 2. The monoisotopic (exact) mass is 316 g/mol. The van der Waals surface area contributed by atoms with Crippen molar-refractivity contribution < 1.29 is 14.4 Å². The minimum atomic E-state index is -0.351. The molecule has 0 bridgehead atoms. The molecule has 1 unspecified atom stereocenters. The topological polar surface area (TPSA) is 73.6 Å². The smallest absolute Gasteiger partial charge is 0.272 e. The Labute approximate surface area is 135 Å². The molecule has 2 aromatic rings. The van der Waals surface area contributed by atoms with Crippen molar-refractivity contribution in [2.75, 3.05) is 21.3 Å². The van der Waals surface area contributed by atoms with Gasteiger partial charge in [0, 0.05) is 17.7 Å². The maximum absolute atomic E-state index is 11.2. The Bertz CT molecular complexity index is 688. The van der Waals surface area contributed by atoms with Crippen molar-refractivity contribution in [2.45, 2.75) is 12.5 Å². The number of hydrogen-bond donors (Lipinski definition) is 1. The normalized spacial score (nSPS) is 11.8. The van der Waals surface area contributed by atoms with Crippen LogP contribution in [0.15, 0.2) is 42.5 Å². The summed E-state index contributed by atoms with van der Waals surface area (Å²) in [7, 11) is 4.99. The number of nitro benzene ring substituents is 1. The van der Waals surface area contributed by atoms with Crippen LogP contribution in [0.25, 0.3) is 0 Å². The molecule has 0 fully saturated rings. The van der Waals surface area contributed by atoms with Gasteiger partial charge in [0.1, 0.15) is 0 Å². The first-order chi connectivity index (χ1) is 11.1. The Morgan fingerprint density at radius 1 is 1.13 bits per heavy atom. The molecule has 0 aromatic heterocycles. The van der Waals surface area contributed by atoms with E-state index < -0.39 is 0 Å². The fraction of sp³-hybridized carbons (Fsp3) is 0.294. The third-order valence-electron chi connectivity index (χ3n) is 3.77. The van der Waals surface area contributed by atoms with E-state index in [0.717, 1.165) is 5.56 Å². The van der Waals surface area contributed by atoms with Crippen molar-refractivity contribution in [3.8, 4) is 11.5 Å². The lowest BCUT2D eigenvalue weighted by Gasteiger charge is -2.18. The minimum Gasteiger partial charge on any atom is -0.493 e. The summed E-state index contributed by atoms with van der Waals surface area (Å²) in [6.07, 6.45) is 0.503. The Morgan fingerprint density at radius 2 is 1.83 bits per heavy atom. The first-order valence-corrected chi connectivity index (χ1v) is 7.22. The number of para-hydroxylation sites is 1. The Kier molecular flexibility index (Phi) is 5.54. The van der Waals surface area contributed by atoms with Gasteiger partial charge in [-0.3, -0.25) is 10.1 Å². The van der Waals surface area contributed by atoms with Crippen LogP contribution in [0.1, 0.15) is 17.2 Å². The van der Waals surface area contributed by atoms with Crippen molar-refractivity contribution in [3.05, 3.63) is 63.7 Å². The van der Waals surface area contributed by atoms with Crippen molar-refractivity contribution >= 4 is 5.69 Å². The van der Waals surface area contributed by atoms with Gasteiger partial charge in [0.2, 0.25) is 0 Å². The van der Waals surface area contributed by atoms with Gasteiger partial charge in [-0.25, -0.2) is 0 Å². The van der Waals surface area contributed by atoms with E-state index >= 15 is 0 Å². The molecule has 0 aliphatic rings. The number of rotatable bonds is 7. The van der Waals surface area contributed by atoms with Gasteiger partial charge in [-0.05, 0) is 31.2 Å². The van der Waals surface area contributed by atoms with Crippen molar-refractivity contribution in [1.82, 2.24) is 5.32 Å². The summed E-state index contributed by atoms with van der Waals surface area (Å²) in [4.78, 5) is 10.8. The third-order valence-corrected chi connectivity index (χ3v) is 3.77. The van der Waals surface area contributed by atoms with E-state index in [2.05, 4.69) is 5.32 Å². The molecule has 0 radical (unpaired) electrons. The van der Waals surface area contributed by atoms with Crippen molar-refractivity contribution in [1.29, 1.82) is 0 Å². The largest absolute Gasteiger partial charge is 0.493 e. The number of nitro groups is 1. The van der Waals surface area contributed by atoms with Crippen LogP contribution in [-0.2, 0) is 6.42 Å². The number of hydrogen-bond acceptors (Lipinski definition) is 5. The highest BCUT2D eigenvalue weighted by Crippen LogP contribution is 2.32. The molecule has 0 heterocycles. The summed E-state index contributed by atoms with van der Waals surface area (Å²) in [6.45, 7) is 0. The zero-order chi connectivity index (χ0) is 16.8. The minimum absolute atomic E-state index is 0.0732. The maximum atomic E-state index is 11.2. The van der Waals surface area contributed by atoms with Gasteiger partial charge in [-0.2, -0.15) is 0 Å². The summed E-state index contributed by atoms with van der Waals surface area (Å²) in [6, 6.07) is 12.4. The van der Waals surface area contributed by atoms with E-state index in [1.807, 2.05) is 31.3 Å². The van der Waals surface area contributed by atoms with Gasteiger partial charge < -0.3 is 14.8 Å². The Balaban J connectivity index is 2.32. The lowest BCUT2D eigenvalue weighted by atomic mass is 9.97. The molecule has 0 aliphatic carbocycles. The summed E-state index contributed by atoms with van der Waals surface area (Å²) in [5, 5.41) is 14.4. The van der Waals surface area contributed by atoms with E-state index in [0.29, 0.717) is 23.5 Å². The SMILES string of the molecule is CNC(Cc1ccccc1[N+](=O)[O-])c1ccc(OC)c(OC)c1. The van der Waals surface area contributed by atoms with Gasteiger partial charge in [-0.15, -0.1) is 0 Å². The molecule has 0 amide bonds. The van der Waals surface area contributed by atoms with Gasteiger partial charge >= 0.3 is 0 Å². The van der Waals surface area contributed by atoms with Gasteiger partial charge in [0.25, 0.3) is 5.69 Å². The van der Waals surface area contributed by atoms with Gasteiger partial charge in [-0.1, -0.05) is 24.3 Å². The maximum Gasteiger partial charge on any atom is 0.272 e. The molecule has 1 atom stereocenters. The van der Waals surface area contributed by atoms with Gasteiger partial charge in [0.15, 0.2) is 11.5 Å². The highest BCUT2D eigenvalue weighted by molar-refractivity contribution is 5.45. The Hall–Kier alpha value is -2.60. The quantitative estimate of drug-likeness (QED) is 0.627. The van der Waals surface area contributed by atoms with Crippen LogP contribution in [0.5, 0.6) is 11.5 Å². The number of benzene rings is 2. The summed E-state index contributed by atoms with van der Waals surface area (Å²) in [5.41, 5.74) is 1.79. The molecule has 0 saturated carbocycles. The van der Waals surface area contributed by atoms with Crippen molar-refractivity contribution in [3.63, 3.8) is 0 Å². The number of ether oxygens (including phenoxy) is 2. The average Bonchev–Trinajstić information content (AvgIpc) is 2.59. The standard InChI is InChI=1S/C17H20N2O4/c1-18-14(10-13-6-4-5-7-15(13)19(20)21)12-8-9-16(22-2)17(11-12)23-3/h4-9,11,14,18H,10H2,1-3H3. The van der Waals surface area contributed by atoms with Crippen LogP contribution in [0, 0.1) is 10.1 Å². The summed E-state index contributed by atoms with van der Waals surface area (Å²) < 4.78 is 10.6. The molecule has 1 N–H and O–H groups in total. The van der Waals surface area contributed by atoms with E-state index in [-0.39, 0.29) is 16.7 Å². The molecule has 23 heavy (non-hydrogen) atoms. The van der Waals surface area contributed by atoms with Gasteiger partial charge in [0.05, 0.1) is 19.1 Å². The third kappa shape index (κ3) is 3.78. The fourth-order valence-electron chi connectivity index (χ4n) is 2.54. The lowest BCUT2D eigenvalue weighted by molar-refractivity contribution is -0.385. The molecule has 2 rings (SSSR count). The second kappa shape index (κ2) is 7.60. The van der Waals surface area contributed by atoms with Crippen LogP contribution in [0.3, 0.4) is 0 Å². The second-order valence-corrected chi connectivity index (χ2v) is 5.05. The van der Waals surface area contributed by atoms with Crippen LogP contribution < -0.4 is 14.8 Å². The Morgan fingerprint density at radius 3 is 2.43 bits per heavy atom. The van der Waals surface area contributed by atoms with E-state index in [1.54, 1.807) is 26.4 Å². The predicted octanol–water partition coefficient (Wildman–Crippen LogP) is 3.12. The van der Waals surface area contributed by atoms with Crippen molar-refractivity contribution in [2.24, 2.45) is 0 Å². The zero-order valence-corrected chi connectivity index (χ0v) is 13.4. The molecular formula is C17H20N2O4. The summed E-state index contributed by atoms with van der Waals surface area (Å²) in [5.74, 6) is 1.28. The zero-order valence-electron chi connectivity index (χ0n) is 13.4. The highest BCUT2D eigenvalue weighted by atomic mass is 16.6. The van der Waals surface area contributed by atoms with Crippen LogP contribution in [0.4, 0.5) is 5.69 Å². The number of nitrogens with zero attached hydrogens (tertiary/aromatic N) is 1. The molecule has 0 saturated heterocycles. The molecule has 122 valence electrons. The van der Waals surface area contributed by atoms with Crippen LogP contribution in [0.2, 0.25) is 0 Å². The lowest BCUT2D eigenvalue weighted by Crippen LogP contribution is -2.19. The molecule has 6 heteroatoms.